The van der Waals surface area contributed by atoms with Crippen LogP contribution >= 0.6 is 0 Å². The van der Waals surface area contributed by atoms with Gasteiger partial charge in [0.15, 0.2) is 0 Å². The van der Waals surface area contributed by atoms with Crippen molar-refractivity contribution in [1.82, 2.24) is 0 Å². The Labute approximate surface area is 280 Å². The molecule has 0 fully saturated rings. The van der Waals surface area contributed by atoms with Crippen molar-refractivity contribution in [2.75, 3.05) is 0 Å². The van der Waals surface area contributed by atoms with Crippen LogP contribution in [0, 0.1) is 41.5 Å². The predicted molar refractivity (Wildman–Crippen MR) is 206 cm³/mol. The van der Waals surface area contributed by atoms with Crippen LogP contribution in [0.15, 0.2) is 115 Å². The van der Waals surface area contributed by atoms with Crippen molar-refractivity contribution in [3.63, 3.8) is 0 Å². The summed E-state index contributed by atoms with van der Waals surface area (Å²) >= 11 is 0. The molecule has 7 aromatic carbocycles. The van der Waals surface area contributed by atoms with Crippen LogP contribution < -0.4 is 16.4 Å². The Hall–Kier alpha value is -4.88. The van der Waals surface area contributed by atoms with E-state index in [0.717, 1.165) is 12.8 Å². The summed E-state index contributed by atoms with van der Waals surface area (Å²) in [6, 6.07) is 43.6. The SMILES string of the molecule is Cc1cc(C)c(B(c2ccc3ccc4c(-c5ccccc5)cc(-c5ccccc5)c5c4c3c2CC5)c2c(C)cc(C)cc2C)c(C)c1. The average Bonchev–Trinajstić information content (AvgIpc) is 3.06. The summed E-state index contributed by atoms with van der Waals surface area (Å²) in [5.74, 6) is 0. The minimum absolute atomic E-state index is 0.165. The second kappa shape index (κ2) is 11.4. The summed E-state index contributed by atoms with van der Waals surface area (Å²) in [5, 5.41) is 5.60. The Morgan fingerprint density at radius 3 is 1.49 bits per heavy atom. The van der Waals surface area contributed by atoms with Gasteiger partial charge in [-0.3, -0.25) is 0 Å². The molecule has 7 aromatic rings. The molecule has 0 bridgehead atoms. The molecule has 0 aromatic heterocycles. The van der Waals surface area contributed by atoms with Gasteiger partial charge in [-0.25, -0.2) is 0 Å². The second-order valence-electron chi connectivity index (χ2n) is 14.0. The zero-order valence-electron chi connectivity index (χ0n) is 28.5. The molecule has 0 amide bonds. The van der Waals surface area contributed by atoms with E-state index in [4.69, 9.17) is 0 Å². The van der Waals surface area contributed by atoms with Crippen LogP contribution in [0.25, 0.3) is 43.8 Å². The van der Waals surface area contributed by atoms with Crippen LogP contribution in [0.1, 0.15) is 44.5 Å². The van der Waals surface area contributed by atoms with Crippen LogP contribution in [0.5, 0.6) is 0 Å². The highest BCUT2D eigenvalue weighted by Gasteiger charge is 2.32. The van der Waals surface area contributed by atoms with Gasteiger partial charge in [0.2, 0.25) is 6.71 Å². The molecule has 0 saturated carbocycles. The molecule has 0 unspecified atom stereocenters. The Balaban J connectivity index is 1.51. The van der Waals surface area contributed by atoms with Crippen molar-refractivity contribution in [2.24, 2.45) is 0 Å². The fraction of sp³-hybridized carbons (Fsp3) is 0.174. The lowest BCUT2D eigenvalue weighted by Gasteiger charge is -2.30. The van der Waals surface area contributed by atoms with Gasteiger partial charge in [0.1, 0.15) is 0 Å². The molecule has 0 N–H and O–H groups in total. The minimum atomic E-state index is 0.165. The predicted octanol–water partition coefficient (Wildman–Crippen LogP) is 9.79. The summed E-state index contributed by atoms with van der Waals surface area (Å²) in [4.78, 5) is 0. The molecule has 0 radical (unpaired) electrons. The van der Waals surface area contributed by atoms with Gasteiger partial charge >= 0.3 is 0 Å². The van der Waals surface area contributed by atoms with Gasteiger partial charge in [0.05, 0.1) is 0 Å². The van der Waals surface area contributed by atoms with E-state index >= 15 is 0 Å². The molecule has 0 spiro atoms. The van der Waals surface area contributed by atoms with E-state index in [2.05, 4.69) is 157 Å². The van der Waals surface area contributed by atoms with Crippen LogP contribution in [0.2, 0.25) is 0 Å². The van der Waals surface area contributed by atoms with Crippen molar-refractivity contribution in [1.29, 1.82) is 0 Å². The van der Waals surface area contributed by atoms with Gasteiger partial charge in [-0.1, -0.05) is 159 Å². The fourth-order valence-electron chi connectivity index (χ4n) is 9.02. The summed E-state index contributed by atoms with van der Waals surface area (Å²) in [6.45, 7) is 13.9. The summed E-state index contributed by atoms with van der Waals surface area (Å²) in [7, 11) is 0. The third kappa shape index (κ3) is 4.83. The maximum atomic E-state index is 2.47. The van der Waals surface area contributed by atoms with Crippen molar-refractivity contribution in [2.45, 2.75) is 54.4 Å². The molecule has 0 atom stereocenters. The molecule has 47 heavy (non-hydrogen) atoms. The van der Waals surface area contributed by atoms with Crippen LogP contribution in [-0.4, -0.2) is 6.71 Å². The number of hydrogen-bond acceptors (Lipinski definition) is 0. The maximum Gasteiger partial charge on any atom is 0.242 e. The van der Waals surface area contributed by atoms with Crippen LogP contribution in [-0.2, 0) is 12.8 Å². The second-order valence-corrected chi connectivity index (χ2v) is 14.0. The van der Waals surface area contributed by atoms with E-state index in [0.29, 0.717) is 0 Å². The minimum Gasteiger partial charge on any atom is -0.0661 e. The molecule has 1 heteroatoms. The van der Waals surface area contributed by atoms with E-state index in [-0.39, 0.29) is 6.71 Å². The van der Waals surface area contributed by atoms with Crippen molar-refractivity contribution >= 4 is 44.6 Å². The Kier molecular flexibility index (Phi) is 7.18. The highest BCUT2D eigenvalue weighted by atomic mass is 14.3. The first kappa shape index (κ1) is 29.5. The molecule has 0 saturated heterocycles. The van der Waals surface area contributed by atoms with Gasteiger partial charge in [-0.05, 0) is 115 Å². The van der Waals surface area contributed by atoms with Gasteiger partial charge in [0.25, 0.3) is 0 Å². The molecular weight excluding hydrogens is 563 g/mol. The van der Waals surface area contributed by atoms with Crippen molar-refractivity contribution < 1.29 is 0 Å². The van der Waals surface area contributed by atoms with E-state index in [1.54, 1.807) is 0 Å². The molecule has 1 aliphatic rings. The van der Waals surface area contributed by atoms with E-state index in [9.17, 15) is 0 Å². The average molecular weight is 605 g/mol. The largest absolute Gasteiger partial charge is 0.242 e. The van der Waals surface area contributed by atoms with Crippen LogP contribution in [0.3, 0.4) is 0 Å². The van der Waals surface area contributed by atoms with E-state index < -0.39 is 0 Å². The summed E-state index contributed by atoms with van der Waals surface area (Å²) in [6.07, 6.45) is 2.07. The lowest BCUT2D eigenvalue weighted by Crippen LogP contribution is -2.57. The molecule has 228 valence electrons. The topological polar surface area (TPSA) is 0 Å². The first-order valence-electron chi connectivity index (χ1n) is 17.1. The fourth-order valence-corrected chi connectivity index (χ4v) is 9.02. The first-order valence-corrected chi connectivity index (χ1v) is 17.1. The normalized spacial score (nSPS) is 12.3. The maximum absolute atomic E-state index is 2.47. The van der Waals surface area contributed by atoms with Crippen LogP contribution in [0.4, 0.5) is 0 Å². The highest BCUT2D eigenvalue weighted by Crippen LogP contribution is 2.44. The van der Waals surface area contributed by atoms with Gasteiger partial charge in [0, 0.05) is 0 Å². The Morgan fingerprint density at radius 1 is 0.447 bits per heavy atom. The lowest BCUT2D eigenvalue weighted by atomic mass is 9.33. The number of aryl methyl sites for hydroxylation is 8. The van der Waals surface area contributed by atoms with Gasteiger partial charge in [-0.2, -0.15) is 0 Å². The third-order valence-corrected chi connectivity index (χ3v) is 10.7. The Morgan fingerprint density at radius 2 is 0.936 bits per heavy atom. The molecule has 0 heterocycles. The van der Waals surface area contributed by atoms with Crippen molar-refractivity contribution in [3.8, 4) is 22.3 Å². The standard InChI is InChI=1S/C46H41B/c1-28-23-30(3)45(31(4)24-28)47(46-32(5)25-29(2)26-33(46)6)42-22-18-36-17-19-37-40(34-13-9-7-10-14-34)27-41(35-15-11-8-12-16-35)38-20-21-39(42)43(36)44(37)38/h7-19,22-27H,20-21H2,1-6H3. The van der Waals surface area contributed by atoms with E-state index in [1.807, 2.05) is 0 Å². The molecule has 1 aliphatic carbocycles. The molecule has 0 aliphatic heterocycles. The quantitative estimate of drug-likeness (QED) is 0.136. The number of hydrogen-bond donors (Lipinski definition) is 0. The van der Waals surface area contributed by atoms with Crippen molar-refractivity contribution in [3.05, 3.63) is 160 Å². The zero-order chi connectivity index (χ0) is 32.4. The molecular formula is C46H41B. The first-order chi connectivity index (χ1) is 22.8. The highest BCUT2D eigenvalue weighted by molar-refractivity contribution is 6.97. The lowest BCUT2D eigenvalue weighted by molar-refractivity contribution is 0.976. The molecule has 8 rings (SSSR count). The molecule has 0 nitrogen and oxygen atoms in total. The smallest absolute Gasteiger partial charge is 0.0661 e. The van der Waals surface area contributed by atoms with E-state index in [1.165, 1.54) is 105 Å². The van der Waals surface area contributed by atoms with Gasteiger partial charge < -0.3 is 0 Å². The zero-order valence-corrected chi connectivity index (χ0v) is 28.5. The summed E-state index contributed by atoms with van der Waals surface area (Å²) < 4.78 is 0. The third-order valence-electron chi connectivity index (χ3n) is 10.7. The number of rotatable bonds is 5. The monoisotopic (exact) mass is 604 g/mol. The van der Waals surface area contributed by atoms with Gasteiger partial charge in [-0.15, -0.1) is 0 Å². The number of benzene rings is 7. The summed E-state index contributed by atoms with van der Waals surface area (Å²) in [5.41, 5.74) is 20.8. The Bertz CT molecular complexity index is 2240.